The predicted molar refractivity (Wildman–Crippen MR) is 144 cm³/mol. The first-order valence-corrected chi connectivity index (χ1v) is 12.4. The fourth-order valence-electron chi connectivity index (χ4n) is 3.73. The van der Waals surface area contributed by atoms with Gasteiger partial charge in [-0.05, 0) is 66.8 Å². The summed E-state index contributed by atoms with van der Waals surface area (Å²) in [5, 5.41) is 6.09. The van der Waals surface area contributed by atoms with Crippen molar-refractivity contribution in [3.05, 3.63) is 93.2 Å². The van der Waals surface area contributed by atoms with Gasteiger partial charge in [-0.15, -0.1) is 0 Å². The van der Waals surface area contributed by atoms with Crippen LogP contribution in [-0.2, 0) is 0 Å². The monoisotopic (exact) mass is 574 g/mol. The first kappa shape index (κ1) is 25.1. The van der Waals surface area contributed by atoms with E-state index in [0.29, 0.717) is 42.5 Å². The Morgan fingerprint density at radius 2 is 1.63 bits per heavy atom. The lowest BCUT2D eigenvalue weighted by Gasteiger charge is -2.36. The molecular formula is C25H21BrClFN4O2S. The number of amides is 2. The second kappa shape index (κ2) is 11.2. The van der Waals surface area contributed by atoms with Crippen LogP contribution in [0.15, 0.2) is 71.2 Å². The van der Waals surface area contributed by atoms with Gasteiger partial charge in [-0.1, -0.05) is 39.7 Å². The molecule has 1 fully saturated rings. The highest BCUT2D eigenvalue weighted by Crippen LogP contribution is 2.22. The van der Waals surface area contributed by atoms with E-state index in [4.69, 9.17) is 23.8 Å². The molecule has 35 heavy (non-hydrogen) atoms. The van der Waals surface area contributed by atoms with Crippen molar-refractivity contribution in [2.45, 2.75) is 0 Å². The third-order valence-corrected chi connectivity index (χ3v) is 6.59. The van der Waals surface area contributed by atoms with Gasteiger partial charge in [0.25, 0.3) is 11.8 Å². The minimum atomic E-state index is -0.503. The van der Waals surface area contributed by atoms with E-state index < -0.39 is 11.7 Å². The lowest BCUT2D eigenvalue weighted by Crippen LogP contribution is -2.49. The van der Waals surface area contributed by atoms with Crippen LogP contribution >= 0.6 is 39.7 Å². The van der Waals surface area contributed by atoms with Gasteiger partial charge in [-0.25, -0.2) is 4.39 Å². The summed E-state index contributed by atoms with van der Waals surface area (Å²) >= 11 is 14.7. The maximum atomic E-state index is 14.0. The van der Waals surface area contributed by atoms with Gasteiger partial charge in [0.15, 0.2) is 5.11 Å². The second-order valence-electron chi connectivity index (χ2n) is 7.84. The van der Waals surface area contributed by atoms with Crippen LogP contribution in [0.2, 0.25) is 5.02 Å². The molecular weight excluding hydrogens is 555 g/mol. The molecule has 0 atom stereocenters. The van der Waals surface area contributed by atoms with Crippen molar-refractivity contribution in [3.8, 4) is 0 Å². The van der Waals surface area contributed by atoms with E-state index >= 15 is 0 Å². The van der Waals surface area contributed by atoms with Crippen LogP contribution in [0, 0.1) is 5.82 Å². The Morgan fingerprint density at radius 3 is 2.31 bits per heavy atom. The summed E-state index contributed by atoms with van der Waals surface area (Å²) in [6.45, 7) is 2.27. The van der Waals surface area contributed by atoms with E-state index in [1.54, 1.807) is 35.2 Å². The molecule has 0 unspecified atom stereocenters. The zero-order valence-corrected chi connectivity index (χ0v) is 21.6. The Labute approximate surface area is 221 Å². The molecule has 0 aromatic heterocycles. The quantitative estimate of drug-likeness (QED) is 0.412. The average Bonchev–Trinajstić information content (AvgIpc) is 2.86. The van der Waals surface area contributed by atoms with Crippen molar-refractivity contribution in [1.29, 1.82) is 0 Å². The largest absolute Gasteiger partial charge is 0.368 e. The van der Waals surface area contributed by atoms with Crippen LogP contribution in [0.25, 0.3) is 0 Å². The molecule has 3 aromatic carbocycles. The lowest BCUT2D eigenvalue weighted by molar-refractivity contribution is 0.0742. The molecule has 180 valence electrons. The fourth-order valence-corrected chi connectivity index (χ4v) is 4.51. The summed E-state index contributed by atoms with van der Waals surface area (Å²) < 4.78 is 14.7. The molecule has 1 aliphatic heterocycles. The van der Waals surface area contributed by atoms with Crippen LogP contribution < -0.4 is 15.5 Å². The SMILES string of the molecule is O=C(NC(=S)Nc1ccc(N2CCN(C(=O)c3ccccc3F)CC2)cc1)c1cc(Br)ccc1Cl. The van der Waals surface area contributed by atoms with Crippen molar-refractivity contribution in [3.63, 3.8) is 0 Å². The van der Waals surface area contributed by atoms with Crippen LogP contribution in [0.3, 0.4) is 0 Å². The van der Waals surface area contributed by atoms with Crippen LogP contribution in [0.5, 0.6) is 0 Å². The zero-order chi connectivity index (χ0) is 24.9. The lowest BCUT2D eigenvalue weighted by atomic mass is 10.1. The molecule has 3 aromatic rings. The van der Waals surface area contributed by atoms with Crippen LogP contribution in [0.1, 0.15) is 20.7 Å². The van der Waals surface area contributed by atoms with Crippen molar-refractivity contribution in [2.75, 3.05) is 36.4 Å². The minimum Gasteiger partial charge on any atom is -0.368 e. The van der Waals surface area contributed by atoms with E-state index in [2.05, 4.69) is 31.5 Å². The van der Waals surface area contributed by atoms with Gasteiger partial charge >= 0.3 is 0 Å². The van der Waals surface area contributed by atoms with Gasteiger partial charge in [-0.3, -0.25) is 14.9 Å². The number of nitrogens with one attached hydrogen (secondary N) is 2. The fraction of sp³-hybridized carbons (Fsp3) is 0.160. The first-order chi connectivity index (χ1) is 16.8. The van der Waals surface area contributed by atoms with E-state index in [9.17, 15) is 14.0 Å². The van der Waals surface area contributed by atoms with E-state index in [1.165, 1.54) is 12.1 Å². The molecule has 0 spiro atoms. The Balaban J connectivity index is 1.30. The summed E-state index contributed by atoms with van der Waals surface area (Å²) in [7, 11) is 0. The van der Waals surface area contributed by atoms with Gasteiger partial charge in [0.1, 0.15) is 5.82 Å². The number of carbonyl (C=O) groups excluding carboxylic acids is 2. The van der Waals surface area contributed by atoms with Crippen LogP contribution in [-0.4, -0.2) is 48.0 Å². The standard InChI is InChI=1S/C25H21BrClFN4O2S/c26-16-5-10-21(27)20(15-16)23(33)30-25(35)29-17-6-8-18(9-7-17)31-11-13-32(14-12-31)24(34)19-3-1-2-4-22(19)28/h1-10,15H,11-14H2,(H2,29,30,33,35). The normalized spacial score (nSPS) is 13.3. The predicted octanol–water partition coefficient (Wildman–Crippen LogP) is 5.33. The highest BCUT2D eigenvalue weighted by molar-refractivity contribution is 9.10. The van der Waals surface area contributed by atoms with E-state index in [0.717, 1.165) is 10.2 Å². The molecule has 4 rings (SSSR count). The number of benzene rings is 3. The van der Waals surface area contributed by atoms with Gasteiger partial charge in [-0.2, -0.15) is 0 Å². The van der Waals surface area contributed by atoms with Crippen molar-refractivity contribution in [2.24, 2.45) is 0 Å². The maximum absolute atomic E-state index is 14.0. The number of halogens is 3. The molecule has 1 heterocycles. The Bertz CT molecular complexity index is 1270. The Kier molecular flexibility index (Phi) is 8.00. The zero-order valence-electron chi connectivity index (χ0n) is 18.4. The van der Waals surface area contributed by atoms with Crippen LogP contribution in [0.4, 0.5) is 15.8 Å². The molecule has 2 N–H and O–H groups in total. The van der Waals surface area contributed by atoms with Crippen molar-refractivity contribution < 1.29 is 14.0 Å². The number of hydrogen-bond donors (Lipinski definition) is 2. The number of carbonyl (C=O) groups is 2. The maximum Gasteiger partial charge on any atom is 0.258 e. The Hall–Kier alpha value is -3.01. The number of rotatable bonds is 4. The highest BCUT2D eigenvalue weighted by Gasteiger charge is 2.24. The molecule has 0 aliphatic carbocycles. The molecule has 0 radical (unpaired) electrons. The number of thiocarbonyl (C=S) groups is 1. The summed E-state index contributed by atoms with van der Waals surface area (Å²) in [6.07, 6.45) is 0. The second-order valence-corrected chi connectivity index (χ2v) is 9.57. The first-order valence-electron chi connectivity index (χ1n) is 10.8. The van der Waals surface area contributed by atoms with E-state index in [1.807, 2.05) is 24.3 Å². The molecule has 10 heteroatoms. The summed E-state index contributed by atoms with van der Waals surface area (Å²) in [5.41, 5.74) is 2.12. The molecule has 2 amide bonds. The smallest absolute Gasteiger partial charge is 0.258 e. The summed E-state index contributed by atoms with van der Waals surface area (Å²) in [5.74, 6) is -1.20. The molecule has 1 saturated heterocycles. The van der Waals surface area contributed by atoms with Gasteiger partial charge in [0, 0.05) is 42.0 Å². The van der Waals surface area contributed by atoms with Gasteiger partial charge in [0.2, 0.25) is 0 Å². The number of nitrogens with zero attached hydrogens (tertiary/aromatic N) is 2. The number of piperazine rings is 1. The van der Waals surface area contributed by atoms with Gasteiger partial charge < -0.3 is 15.1 Å². The molecule has 0 bridgehead atoms. The number of anilines is 2. The highest BCUT2D eigenvalue weighted by atomic mass is 79.9. The minimum absolute atomic E-state index is 0.0987. The van der Waals surface area contributed by atoms with Crippen molar-refractivity contribution in [1.82, 2.24) is 10.2 Å². The Morgan fingerprint density at radius 1 is 0.943 bits per heavy atom. The molecule has 0 saturated carbocycles. The third-order valence-electron chi connectivity index (χ3n) is 5.56. The van der Waals surface area contributed by atoms with Crippen molar-refractivity contribution >= 4 is 68.1 Å². The van der Waals surface area contributed by atoms with Gasteiger partial charge in [0.05, 0.1) is 16.1 Å². The number of hydrogen-bond acceptors (Lipinski definition) is 4. The summed E-state index contributed by atoms with van der Waals surface area (Å²) in [6, 6.07) is 18.6. The van der Waals surface area contributed by atoms with E-state index in [-0.39, 0.29) is 16.6 Å². The molecule has 1 aliphatic rings. The molecule has 6 nitrogen and oxygen atoms in total. The topological polar surface area (TPSA) is 64.7 Å². The average molecular weight is 576 g/mol. The third kappa shape index (κ3) is 6.17. The summed E-state index contributed by atoms with van der Waals surface area (Å²) in [4.78, 5) is 28.9.